The maximum absolute atomic E-state index is 9.36. The first-order chi connectivity index (χ1) is 8.29. The van der Waals surface area contributed by atoms with Gasteiger partial charge in [0.1, 0.15) is 5.82 Å². The van der Waals surface area contributed by atoms with Crippen LogP contribution in [-0.2, 0) is 0 Å². The van der Waals surface area contributed by atoms with Crippen molar-refractivity contribution in [2.75, 3.05) is 11.9 Å². The second kappa shape index (κ2) is 5.61. The van der Waals surface area contributed by atoms with Crippen LogP contribution in [0.25, 0.3) is 0 Å². The van der Waals surface area contributed by atoms with E-state index in [-0.39, 0.29) is 12.6 Å². The second-order valence-electron chi connectivity index (χ2n) is 3.53. The standard InChI is InChI=1S/C12H12ClN3O/c13-11-6-7-12(16-15-11)14-10(8-17)9-4-2-1-3-5-9/h1-7,10,17H,8H2,(H,14,16). The minimum atomic E-state index is -0.202. The minimum absolute atomic E-state index is 0.0195. The Morgan fingerprint density at radius 1 is 1.12 bits per heavy atom. The third kappa shape index (κ3) is 3.15. The molecule has 1 aromatic carbocycles. The van der Waals surface area contributed by atoms with E-state index in [9.17, 15) is 5.11 Å². The lowest BCUT2D eigenvalue weighted by Gasteiger charge is -2.16. The summed E-state index contributed by atoms with van der Waals surface area (Å²) >= 11 is 5.65. The van der Waals surface area contributed by atoms with Crippen molar-refractivity contribution < 1.29 is 5.11 Å². The number of aliphatic hydroxyl groups is 1. The first-order valence-corrected chi connectivity index (χ1v) is 5.59. The molecule has 17 heavy (non-hydrogen) atoms. The molecule has 0 saturated heterocycles. The Bertz CT molecular complexity index is 461. The van der Waals surface area contributed by atoms with Gasteiger partial charge in [-0.15, -0.1) is 10.2 Å². The molecule has 0 aliphatic carbocycles. The smallest absolute Gasteiger partial charge is 0.151 e. The summed E-state index contributed by atoms with van der Waals surface area (Å²) in [6.45, 7) is -0.0195. The van der Waals surface area contributed by atoms with E-state index in [0.29, 0.717) is 11.0 Å². The molecule has 1 aromatic heterocycles. The molecule has 0 saturated carbocycles. The Balaban J connectivity index is 2.13. The summed E-state index contributed by atoms with van der Waals surface area (Å²) in [5.41, 5.74) is 0.992. The lowest BCUT2D eigenvalue weighted by molar-refractivity contribution is 0.276. The van der Waals surface area contributed by atoms with Crippen LogP contribution in [0.15, 0.2) is 42.5 Å². The van der Waals surface area contributed by atoms with E-state index in [0.717, 1.165) is 5.56 Å². The van der Waals surface area contributed by atoms with E-state index in [2.05, 4.69) is 15.5 Å². The fraction of sp³-hybridized carbons (Fsp3) is 0.167. The molecular weight excluding hydrogens is 238 g/mol. The first-order valence-electron chi connectivity index (χ1n) is 5.21. The molecule has 1 heterocycles. The number of nitrogens with one attached hydrogen (secondary N) is 1. The van der Waals surface area contributed by atoms with Gasteiger partial charge < -0.3 is 10.4 Å². The van der Waals surface area contributed by atoms with Crippen LogP contribution in [0.3, 0.4) is 0 Å². The fourth-order valence-electron chi connectivity index (χ4n) is 1.49. The van der Waals surface area contributed by atoms with Crippen LogP contribution < -0.4 is 5.32 Å². The number of aliphatic hydroxyl groups excluding tert-OH is 1. The van der Waals surface area contributed by atoms with Gasteiger partial charge in [0, 0.05) is 0 Å². The molecule has 0 amide bonds. The highest BCUT2D eigenvalue weighted by atomic mass is 35.5. The summed E-state index contributed by atoms with van der Waals surface area (Å²) in [6.07, 6.45) is 0. The highest BCUT2D eigenvalue weighted by Crippen LogP contribution is 2.17. The molecule has 2 rings (SSSR count). The molecule has 0 fully saturated rings. The molecule has 2 aromatic rings. The van der Waals surface area contributed by atoms with Crippen LogP contribution in [0.2, 0.25) is 5.15 Å². The fourth-order valence-corrected chi connectivity index (χ4v) is 1.59. The summed E-state index contributed by atoms with van der Waals surface area (Å²) in [6, 6.07) is 12.8. The van der Waals surface area contributed by atoms with Gasteiger partial charge in [-0.1, -0.05) is 41.9 Å². The van der Waals surface area contributed by atoms with Crippen molar-refractivity contribution >= 4 is 17.4 Å². The monoisotopic (exact) mass is 249 g/mol. The molecular formula is C12H12ClN3O. The molecule has 0 aliphatic rings. The zero-order chi connectivity index (χ0) is 12.1. The van der Waals surface area contributed by atoms with Gasteiger partial charge in [0.2, 0.25) is 0 Å². The number of benzene rings is 1. The SMILES string of the molecule is OCC(Nc1ccc(Cl)nn1)c1ccccc1. The van der Waals surface area contributed by atoms with E-state index in [1.807, 2.05) is 30.3 Å². The zero-order valence-electron chi connectivity index (χ0n) is 9.05. The zero-order valence-corrected chi connectivity index (χ0v) is 9.80. The predicted molar refractivity (Wildman–Crippen MR) is 66.9 cm³/mol. The van der Waals surface area contributed by atoms with Gasteiger partial charge in [-0.2, -0.15) is 0 Å². The highest BCUT2D eigenvalue weighted by Gasteiger charge is 2.10. The van der Waals surface area contributed by atoms with Gasteiger partial charge in [0.05, 0.1) is 12.6 Å². The summed E-state index contributed by atoms with van der Waals surface area (Å²) in [5.74, 6) is 0.581. The number of nitrogens with zero attached hydrogens (tertiary/aromatic N) is 2. The van der Waals surface area contributed by atoms with Crippen molar-refractivity contribution in [3.63, 3.8) is 0 Å². The Morgan fingerprint density at radius 2 is 1.88 bits per heavy atom. The maximum atomic E-state index is 9.36. The van der Waals surface area contributed by atoms with Crippen molar-refractivity contribution in [2.24, 2.45) is 0 Å². The third-order valence-corrected chi connectivity index (χ3v) is 2.54. The average molecular weight is 250 g/mol. The van der Waals surface area contributed by atoms with Crippen LogP contribution >= 0.6 is 11.6 Å². The molecule has 5 heteroatoms. The third-order valence-electron chi connectivity index (χ3n) is 2.34. The lowest BCUT2D eigenvalue weighted by atomic mass is 10.1. The van der Waals surface area contributed by atoms with Gasteiger partial charge in [-0.25, -0.2) is 0 Å². The molecule has 88 valence electrons. The van der Waals surface area contributed by atoms with Crippen molar-refractivity contribution in [2.45, 2.75) is 6.04 Å². The van der Waals surface area contributed by atoms with Crippen molar-refractivity contribution in [1.29, 1.82) is 0 Å². The molecule has 0 radical (unpaired) electrons. The molecule has 4 nitrogen and oxygen atoms in total. The number of hydrogen-bond acceptors (Lipinski definition) is 4. The second-order valence-corrected chi connectivity index (χ2v) is 3.92. The first kappa shape index (κ1) is 11.8. The molecule has 0 spiro atoms. The Morgan fingerprint density at radius 3 is 2.47 bits per heavy atom. The van der Waals surface area contributed by atoms with Gasteiger partial charge in [0.15, 0.2) is 5.15 Å². The van der Waals surface area contributed by atoms with E-state index in [1.54, 1.807) is 12.1 Å². The summed E-state index contributed by atoms with van der Waals surface area (Å²) in [7, 11) is 0. The van der Waals surface area contributed by atoms with Gasteiger partial charge in [0.25, 0.3) is 0 Å². The largest absolute Gasteiger partial charge is 0.394 e. The molecule has 0 aliphatic heterocycles. The normalized spacial score (nSPS) is 12.1. The highest BCUT2D eigenvalue weighted by molar-refractivity contribution is 6.29. The molecule has 0 bridgehead atoms. The van der Waals surface area contributed by atoms with Crippen molar-refractivity contribution in [3.8, 4) is 0 Å². The Labute approximate surface area is 104 Å². The van der Waals surface area contributed by atoms with E-state index < -0.39 is 0 Å². The van der Waals surface area contributed by atoms with Crippen LogP contribution in [0.4, 0.5) is 5.82 Å². The lowest BCUT2D eigenvalue weighted by Crippen LogP contribution is -2.15. The van der Waals surface area contributed by atoms with Crippen LogP contribution in [0.1, 0.15) is 11.6 Å². The topological polar surface area (TPSA) is 58.0 Å². The number of hydrogen-bond donors (Lipinski definition) is 2. The number of aromatic nitrogens is 2. The summed E-state index contributed by atoms with van der Waals surface area (Å²) in [5, 5.41) is 20.4. The van der Waals surface area contributed by atoms with Crippen LogP contribution in [0, 0.1) is 0 Å². The van der Waals surface area contributed by atoms with Gasteiger partial charge >= 0.3 is 0 Å². The van der Waals surface area contributed by atoms with Gasteiger partial charge in [-0.3, -0.25) is 0 Å². The van der Waals surface area contributed by atoms with Gasteiger partial charge in [-0.05, 0) is 17.7 Å². The van der Waals surface area contributed by atoms with Crippen molar-refractivity contribution in [3.05, 3.63) is 53.2 Å². The number of halogens is 1. The van der Waals surface area contributed by atoms with Crippen LogP contribution in [0.5, 0.6) is 0 Å². The summed E-state index contributed by atoms with van der Waals surface area (Å²) < 4.78 is 0. The maximum Gasteiger partial charge on any atom is 0.151 e. The molecule has 2 N–H and O–H groups in total. The van der Waals surface area contributed by atoms with E-state index >= 15 is 0 Å². The quantitative estimate of drug-likeness (QED) is 0.873. The average Bonchev–Trinajstić information content (AvgIpc) is 2.39. The van der Waals surface area contributed by atoms with Crippen molar-refractivity contribution in [1.82, 2.24) is 10.2 Å². The number of rotatable bonds is 4. The van der Waals surface area contributed by atoms with E-state index in [4.69, 9.17) is 11.6 Å². The summed E-state index contributed by atoms with van der Waals surface area (Å²) in [4.78, 5) is 0. The minimum Gasteiger partial charge on any atom is -0.394 e. The molecule has 1 unspecified atom stereocenters. The number of anilines is 1. The molecule has 1 atom stereocenters. The van der Waals surface area contributed by atoms with Crippen LogP contribution in [-0.4, -0.2) is 21.9 Å². The van der Waals surface area contributed by atoms with E-state index in [1.165, 1.54) is 0 Å². The predicted octanol–water partition coefficient (Wildman–Crippen LogP) is 2.28. The Hall–Kier alpha value is -1.65. The Kier molecular flexibility index (Phi) is 3.90.